The summed E-state index contributed by atoms with van der Waals surface area (Å²) in [6.07, 6.45) is 3.60. The van der Waals surface area contributed by atoms with Crippen LogP contribution < -0.4 is 15.4 Å². The molecular formula is C16H18ClN3O2. The van der Waals surface area contributed by atoms with Crippen molar-refractivity contribution in [3.63, 3.8) is 0 Å². The first-order valence-electron chi connectivity index (χ1n) is 7.04. The standard InChI is InChI=1S/C16H17N3O2.ClH/c20-16(14-7-4-10-17-14)19-12-5-3-6-13(11-12)21-15-8-1-2-9-18-15;/h1-3,5-6,8-9,11,14,17H,4,7,10H2,(H,19,20);1H. The van der Waals surface area contributed by atoms with E-state index in [2.05, 4.69) is 15.6 Å². The van der Waals surface area contributed by atoms with Gasteiger partial charge in [0.1, 0.15) is 5.75 Å². The molecule has 1 fully saturated rings. The van der Waals surface area contributed by atoms with Crippen molar-refractivity contribution in [1.82, 2.24) is 10.3 Å². The molecule has 0 spiro atoms. The molecule has 2 aromatic rings. The van der Waals surface area contributed by atoms with Gasteiger partial charge in [-0.05, 0) is 37.6 Å². The molecule has 1 amide bonds. The second-order valence-electron chi connectivity index (χ2n) is 4.94. The molecule has 1 aromatic heterocycles. The fourth-order valence-corrected chi connectivity index (χ4v) is 2.30. The Labute approximate surface area is 135 Å². The molecule has 1 saturated heterocycles. The summed E-state index contributed by atoms with van der Waals surface area (Å²) >= 11 is 0. The van der Waals surface area contributed by atoms with Crippen molar-refractivity contribution in [3.8, 4) is 11.6 Å². The van der Waals surface area contributed by atoms with E-state index in [-0.39, 0.29) is 24.4 Å². The lowest BCUT2D eigenvalue weighted by Gasteiger charge is -2.12. The summed E-state index contributed by atoms with van der Waals surface area (Å²) < 4.78 is 5.65. The maximum Gasteiger partial charge on any atom is 0.241 e. The van der Waals surface area contributed by atoms with E-state index in [0.29, 0.717) is 11.6 Å². The maximum atomic E-state index is 12.1. The smallest absolute Gasteiger partial charge is 0.241 e. The van der Waals surface area contributed by atoms with Crippen LogP contribution in [0.25, 0.3) is 0 Å². The third-order valence-corrected chi connectivity index (χ3v) is 3.34. The van der Waals surface area contributed by atoms with E-state index in [1.807, 2.05) is 30.3 Å². The van der Waals surface area contributed by atoms with E-state index in [0.717, 1.165) is 25.1 Å². The summed E-state index contributed by atoms with van der Waals surface area (Å²) in [6.45, 7) is 0.904. The molecule has 116 valence electrons. The molecule has 2 heterocycles. The molecular weight excluding hydrogens is 302 g/mol. The first-order chi connectivity index (χ1) is 10.3. The third kappa shape index (κ3) is 4.19. The highest BCUT2D eigenvalue weighted by Gasteiger charge is 2.21. The Bertz CT molecular complexity index is 616. The third-order valence-electron chi connectivity index (χ3n) is 3.34. The molecule has 2 N–H and O–H groups in total. The Kier molecular flexibility index (Phi) is 5.75. The van der Waals surface area contributed by atoms with Gasteiger partial charge in [-0.15, -0.1) is 12.4 Å². The highest BCUT2D eigenvalue weighted by Crippen LogP contribution is 2.22. The van der Waals surface area contributed by atoms with Crippen LogP contribution in [0.1, 0.15) is 12.8 Å². The minimum atomic E-state index is -0.0923. The predicted octanol–water partition coefficient (Wildman–Crippen LogP) is 2.99. The topological polar surface area (TPSA) is 63.2 Å². The molecule has 1 aliphatic heterocycles. The molecule has 1 aliphatic rings. The molecule has 0 bridgehead atoms. The number of pyridine rings is 1. The van der Waals surface area contributed by atoms with E-state index < -0.39 is 0 Å². The molecule has 0 radical (unpaired) electrons. The van der Waals surface area contributed by atoms with Crippen molar-refractivity contribution >= 4 is 24.0 Å². The second kappa shape index (κ2) is 7.77. The Morgan fingerprint density at radius 2 is 2.18 bits per heavy atom. The van der Waals surface area contributed by atoms with Crippen molar-refractivity contribution in [2.45, 2.75) is 18.9 Å². The van der Waals surface area contributed by atoms with Gasteiger partial charge >= 0.3 is 0 Å². The Morgan fingerprint density at radius 3 is 2.91 bits per heavy atom. The van der Waals surface area contributed by atoms with Crippen LogP contribution in [0.3, 0.4) is 0 Å². The van der Waals surface area contributed by atoms with Crippen molar-refractivity contribution in [2.75, 3.05) is 11.9 Å². The van der Waals surface area contributed by atoms with E-state index in [1.54, 1.807) is 18.3 Å². The lowest BCUT2D eigenvalue weighted by molar-refractivity contribution is -0.117. The van der Waals surface area contributed by atoms with Crippen LogP contribution >= 0.6 is 12.4 Å². The zero-order chi connectivity index (χ0) is 14.5. The van der Waals surface area contributed by atoms with E-state index in [4.69, 9.17) is 4.74 Å². The van der Waals surface area contributed by atoms with Gasteiger partial charge in [-0.25, -0.2) is 4.98 Å². The number of carbonyl (C=O) groups excluding carboxylic acids is 1. The second-order valence-corrected chi connectivity index (χ2v) is 4.94. The molecule has 0 saturated carbocycles. The first kappa shape index (κ1) is 16.3. The van der Waals surface area contributed by atoms with Gasteiger partial charge in [-0.3, -0.25) is 4.79 Å². The average Bonchev–Trinajstić information content (AvgIpc) is 3.03. The fourth-order valence-electron chi connectivity index (χ4n) is 2.30. The van der Waals surface area contributed by atoms with Gasteiger partial charge in [-0.1, -0.05) is 12.1 Å². The normalized spacial score (nSPS) is 16.6. The van der Waals surface area contributed by atoms with E-state index in [1.165, 1.54) is 0 Å². The lowest BCUT2D eigenvalue weighted by atomic mass is 10.2. The Balaban J connectivity index is 0.00000176. The molecule has 3 rings (SSSR count). The number of carbonyl (C=O) groups is 1. The van der Waals surface area contributed by atoms with Crippen molar-refractivity contribution < 1.29 is 9.53 Å². The quantitative estimate of drug-likeness (QED) is 0.909. The molecule has 1 atom stereocenters. The molecule has 5 nitrogen and oxygen atoms in total. The predicted molar refractivity (Wildman–Crippen MR) is 87.7 cm³/mol. The fraction of sp³-hybridized carbons (Fsp3) is 0.250. The van der Waals surface area contributed by atoms with Crippen molar-refractivity contribution in [1.29, 1.82) is 0 Å². The minimum Gasteiger partial charge on any atom is -0.439 e. The Hall–Kier alpha value is -2.11. The van der Waals surface area contributed by atoms with Crippen LogP contribution in [0.4, 0.5) is 5.69 Å². The van der Waals surface area contributed by atoms with Gasteiger partial charge in [0, 0.05) is 24.0 Å². The zero-order valence-electron chi connectivity index (χ0n) is 12.0. The van der Waals surface area contributed by atoms with Gasteiger partial charge in [-0.2, -0.15) is 0 Å². The summed E-state index contributed by atoms with van der Waals surface area (Å²) in [7, 11) is 0. The van der Waals surface area contributed by atoms with E-state index in [9.17, 15) is 4.79 Å². The van der Waals surface area contributed by atoms with Crippen LogP contribution in [0, 0.1) is 0 Å². The van der Waals surface area contributed by atoms with Gasteiger partial charge < -0.3 is 15.4 Å². The number of nitrogens with zero attached hydrogens (tertiary/aromatic N) is 1. The molecule has 6 heteroatoms. The number of benzene rings is 1. The van der Waals surface area contributed by atoms with Crippen molar-refractivity contribution in [2.24, 2.45) is 0 Å². The van der Waals surface area contributed by atoms with Gasteiger partial charge in [0.25, 0.3) is 0 Å². The van der Waals surface area contributed by atoms with Crippen molar-refractivity contribution in [3.05, 3.63) is 48.7 Å². The Morgan fingerprint density at radius 1 is 1.27 bits per heavy atom. The summed E-state index contributed by atoms with van der Waals surface area (Å²) in [4.78, 5) is 16.2. The van der Waals surface area contributed by atoms with Crippen LogP contribution in [-0.2, 0) is 4.79 Å². The van der Waals surface area contributed by atoms with Crippen LogP contribution in [0.2, 0.25) is 0 Å². The minimum absolute atomic E-state index is 0. The van der Waals surface area contributed by atoms with Crippen LogP contribution in [0.15, 0.2) is 48.7 Å². The molecule has 0 aliphatic carbocycles. The lowest BCUT2D eigenvalue weighted by Crippen LogP contribution is -2.35. The molecule has 22 heavy (non-hydrogen) atoms. The average molecular weight is 320 g/mol. The SMILES string of the molecule is Cl.O=C(Nc1cccc(Oc2ccccn2)c1)C1CCCN1. The summed E-state index contributed by atoms with van der Waals surface area (Å²) in [5, 5.41) is 6.09. The van der Waals surface area contributed by atoms with Crippen LogP contribution in [-0.4, -0.2) is 23.5 Å². The number of rotatable bonds is 4. The summed E-state index contributed by atoms with van der Waals surface area (Å²) in [5.74, 6) is 1.17. The number of hydrogen-bond donors (Lipinski definition) is 2. The molecule has 1 aromatic carbocycles. The van der Waals surface area contributed by atoms with E-state index >= 15 is 0 Å². The number of aromatic nitrogens is 1. The number of nitrogens with one attached hydrogen (secondary N) is 2. The number of anilines is 1. The van der Waals surface area contributed by atoms with Crippen LogP contribution in [0.5, 0.6) is 11.6 Å². The highest BCUT2D eigenvalue weighted by molar-refractivity contribution is 5.95. The first-order valence-corrected chi connectivity index (χ1v) is 7.04. The summed E-state index contributed by atoms with van der Waals surface area (Å²) in [6, 6.07) is 12.7. The van der Waals surface area contributed by atoms with Gasteiger partial charge in [0.2, 0.25) is 11.8 Å². The maximum absolute atomic E-state index is 12.1. The monoisotopic (exact) mass is 319 g/mol. The molecule has 1 unspecified atom stereocenters. The number of ether oxygens (including phenoxy) is 1. The zero-order valence-corrected chi connectivity index (χ0v) is 12.8. The summed E-state index contributed by atoms with van der Waals surface area (Å²) in [5.41, 5.74) is 0.724. The number of halogens is 1. The van der Waals surface area contributed by atoms with Gasteiger partial charge in [0.05, 0.1) is 6.04 Å². The van der Waals surface area contributed by atoms with Gasteiger partial charge in [0.15, 0.2) is 0 Å². The highest BCUT2D eigenvalue weighted by atomic mass is 35.5. The number of amides is 1. The largest absolute Gasteiger partial charge is 0.439 e. The number of hydrogen-bond acceptors (Lipinski definition) is 4.